The number of hydrogen-bond acceptors (Lipinski definition) is 4. The number of benzene rings is 1. The molecule has 0 bridgehead atoms. The zero-order valence-electron chi connectivity index (χ0n) is 13.4. The molecule has 0 aliphatic carbocycles. The number of amides is 2. The van der Waals surface area contributed by atoms with Crippen LogP contribution in [-0.2, 0) is 19.1 Å². The summed E-state index contributed by atoms with van der Waals surface area (Å²) in [5.41, 5.74) is 1.68. The van der Waals surface area contributed by atoms with Gasteiger partial charge in [-0.05, 0) is 30.7 Å². The number of esters is 1. The first-order valence-electron chi connectivity index (χ1n) is 7.02. The number of ether oxygens (including phenoxy) is 1. The standard InChI is InChI=1S/C15H20BrN3O4/c1-10-6-11(16)4-5-12(10)18-14(21)9-19(2)8-13(20)17-7-15(22)23-3/h4-6H,7-9H2,1-3H3,(H,17,20)(H,18,21)/p+1. The molecule has 0 saturated heterocycles. The number of anilines is 1. The number of halogens is 1. The number of carbonyl (C=O) groups is 3. The highest BCUT2D eigenvalue weighted by atomic mass is 79.9. The fourth-order valence-electron chi connectivity index (χ4n) is 1.88. The molecule has 7 nitrogen and oxygen atoms in total. The van der Waals surface area contributed by atoms with Crippen LogP contribution >= 0.6 is 15.9 Å². The van der Waals surface area contributed by atoms with E-state index < -0.39 is 5.97 Å². The average molecular weight is 387 g/mol. The summed E-state index contributed by atoms with van der Waals surface area (Å²) in [5, 5.41) is 5.25. The van der Waals surface area contributed by atoms with Gasteiger partial charge >= 0.3 is 5.97 Å². The molecule has 3 N–H and O–H groups in total. The third-order valence-electron chi connectivity index (χ3n) is 3.04. The van der Waals surface area contributed by atoms with Crippen LogP contribution in [0, 0.1) is 6.92 Å². The fourth-order valence-corrected chi connectivity index (χ4v) is 2.35. The van der Waals surface area contributed by atoms with Crippen molar-refractivity contribution >= 4 is 39.4 Å². The summed E-state index contributed by atoms with van der Waals surface area (Å²) >= 11 is 3.37. The van der Waals surface area contributed by atoms with Gasteiger partial charge in [0.25, 0.3) is 11.8 Å². The monoisotopic (exact) mass is 386 g/mol. The lowest BCUT2D eigenvalue weighted by Crippen LogP contribution is -3.11. The summed E-state index contributed by atoms with van der Waals surface area (Å²) in [7, 11) is 2.98. The van der Waals surface area contributed by atoms with Gasteiger partial charge in [0.1, 0.15) is 6.54 Å². The number of likely N-dealkylation sites (N-methyl/N-ethyl adjacent to an activating group) is 1. The van der Waals surface area contributed by atoms with E-state index in [-0.39, 0.29) is 31.4 Å². The number of carbonyl (C=O) groups excluding carboxylic acids is 3. The van der Waals surface area contributed by atoms with Gasteiger partial charge in [-0.2, -0.15) is 0 Å². The summed E-state index contributed by atoms with van der Waals surface area (Å²) in [6.07, 6.45) is 0. The van der Waals surface area contributed by atoms with Crippen molar-refractivity contribution in [2.75, 3.05) is 39.1 Å². The number of aryl methyl sites for hydroxylation is 1. The molecule has 0 aliphatic rings. The van der Waals surface area contributed by atoms with Gasteiger partial charge in [0.15, 0.2) is 13.1 Å². The van der Waals surface area contributed by atoms with Crippen LogP contribution in [-0.4, -0.2) is 51.6 Å². The Morgan fingerprint density at radius 1 is 1.22 bits per heavy atom. The Bertz CT molecular complexity index is 592. The van der Waals surface area contributed by atoms with Gasteiger partial charge in [-0.1, -0.05) is 15.9 Å². The molecule has 1 rings (SSSR count). The number of quaternary nitrogens is 1. The van der Waals surface area contributed by atoms with Gasteiger partial charge in [0, 0.05) is 10.2 Å². The molecule has 1 unspecified atom stereocenters. The maximum absolute atomic E-state index is 12.0. The lowest BCUT2D eigenvalue weighted by Gasteiger charge is -2.14. The SMILES string of the molecule is COC(=O)CNC(=O)C[NH+](C)CC(=O)Nc1ccc(Br)cc1C. The second-order valence-corrected chi connectivity index (χ2v) is 6.09. The van der Waals surface area contributed by atoms with Crippen LogP contribution in [0.1, 0.15) is 5.56 Å². The zero-order chi connectivity index (χ0) is 17.4. The molecule has 0 aliphatic heterocycles. The van der Waals surface area contributed by atoms with Gasteiger partial charge in [-0.15, -0.1) is 0 Å². The highest BCUT2D eigenvalue weighted by Gasteiger charge is 2.15. The predicted molar refractivity (Wildman–Crippen MR) is 89.2 cm³/mol. The molecule has 0 saturated carbocycles. The van der Waals surface area contributed by atoms with E-state index in [2.05, 4.69) is 31.3 Å². The van der Waals surface area contributed by atoms with Gasteiger partial charge in [-0.25, -0.2) is 0 Å². The van der Waals surface area contributed by atoms with Crippen molar-refractivity contribution in [2.24, 2.45) is 0 Å². The molecule has 1 aromatic rings. The zero-order valence-corrected chi connectivity index (χ0v) is 15.0. The van der Waals surface area contributed by atoms with E-state index in [9.17, 15) is 14.4 Å². The van der Waals surface area contributed by atoms with Crippen LogP contribution in [0.25, 0.3) is 0 Å². The topological polar surface area (TPSA) is 88.9 Å². The van der Waals surface area contributed by atoms with Crippen molar-refractivity contribution in [3.63, 3.8) is 0 Å². The normalized spacial score (nSPS) is 11.5. The van der Waals surface area contributed by atoms with E-state index in [0.717, 1.165) is 15.7 Å². The van der Waals surface area contributed by atoms with Crippen molar-refractivity contribution < 1.29 is 24.0 Å². The molecule has 2 amide bonds. The number of hydrogen-bond donors (Lipinski definition) is 3. The minimum Gasteiger partial charge on any atom is -0.468 e. The molecule has 0 heterocycles. The van der Waals surface area contributed by atoms with Crippen molar-refractivity contribution in [1.29, 1.82) is 0 Å². The third-order valence-corrected chi connectivity index (χ3v) is 3.54. The Balaban J connectivity index is 2.41. The summed E-state index contributed by atoms with van der Waals surface area (Å²) in [5.74, 6) is -1.02. The van der Waals surface area contributed by atoms with Crippen LogP contribution in [0.3, 0.4) is 0 Å². The number of methoxy groups -OCH3 is 1. The fraction of sp³-hybridized carbons (Fsp3) is 0.400. The molecular formula is C15H21BrN3O4+. The second-order valence-electron chi connectivity index (χ2n) is 5.17. The lowest BCUT2D eigenvalue weighted by atomic mass is 10.2. The maximum Gasteiger partial charge on any atom is 0.325 e. The van der Waals surface area contributed by atoms with Gasteiger partial charge < -0.3 is 20.3 Å². The Morgan fingerprint density at radius 2 is 1.87 bits per heavy atom. The second kappa shape index (κ2) is 9.26. The number of rotatable bonds is 7. The summed E-state index contributed by atoms with van der Waals surface area (Å²) in [4.78, 5) is 35.3. The molecule has 126 valence electrons. The summed E-state index contributed by atoms with van der Waals surface area (Å²) < 4.78 is 5.37. The average Bonchev–Trinajstić information content (AvgIpc) is 2.47. The molecule has 8 heteroatoms. The molecule has 1 aromatic carbocycles. The van der Waals surface area contributed by atoms with E-state index in [0.29, 0.717) is 4.90 Å². The first-order valence-corrected chi connectivity index (χ1v) is 7.82. The van der Waals surface area contributed by atoms with Gasteiger partial charge in [0.2, 0.25) is 0 Å². The largest absolute Gasteiger partial charge is 0.468 e. The van der Waals surface area contributed by atoms with Crippen LogP contribution in [0.4, 0.5) is 5.69 Å². The predicted octanol–water partition coefficient (Wildman–Crippen LogP) is -0.500. The van der Waals surface area contributed by atoms with Crippen LogP contribution in [0.15, 0.2) is 22.7 Å². The van der Waals surface area contributed by atoms with Crippen LogP contribution in [0.5, 0.6) is 0 Å². The molecule has 0 radical (unpaired) electrons. The minimum atomic E-state index is -0.514. The lowest BCUT2D eigenvalue weighted by molar-refractivity contribution is -0.862. The molecule has 0 fully saturated rings. The highest BCUT2D eigenvalue weighted by Crippen LogP contribution is 2.19. The Kier molecular flexibility index (Phi) is 7.70. The van der Waals surface area contributed by atoms with E-state index >= 15 is 0 Å². The van der Waals surface area contributed by atoms with Gasteiger partial charge in [-0.3, -0.25) is 14.4 Å². The van der Waals surface area contributed by atoms with Crippen LogP contribution < -0.4 is 15.5 Å². The molecule has 0 aromatic heterocycles. The van der Waals surface area contributed by atoms with Crippen molar-refractivity contribution in [3.05, 3.63) is 28.2 Å². The maximum atomic E-state index is 12.0. The van der Waals surface area contributed by atoms with E-state index in [1.54, 1.807) is 7.05 Å². The third kappa shape index (κ3) is 7.25. The molecule has 1 atom stereocenters. The molecular weight excluding hydrogens is 366 g/mol. The van der Waals surface area contributed by atoms with Crippen molar-refractivity contribution in [1.82, 2.24) is 5.32 Å². The Hall–Kier alpha value is -1.93. The summed E-state index contributed by atoms with van der Waals surface area (Å²) in [6.45, 7) is 1.95. The first kappa shape index (κ1) is 19.1. The van der Waals surface area contributed by atoms with Crippen molar-refractivity contribution in [2.45, 2.75) is 6.92 Å². The molecule has 23 heavy (non-hydrogen) atoms. The first-order chi connectivity index (χ1) is 10.8. The smallest absolute Gasteiger partial charge is 0.325 e. The minimum absolute atomic E-state index is 0.0870. The van der Waals surface area contributed by atoms with Crippen molar-refractivity contribution in [3.8, 4) is 0 Å². The van der Waals surface area contributed by atoms with Gasteiger partial charge in [0.05, 0.1) is 14.2 Å². The van der Waals surface area contributed by atoms with E-state index in [4.69, 9.17) is 0 Å². The van der Waals surface area contributed by atoms with E-state index in [1.165, 1.54) is 7.11 Å². The summed E-state index contributed by atoms with van der Waals surface area (Å²) in [6, 6.07) is 5.57. The Morgan fingerprint density at radius 3 is 2.48 bits per heavy atom. The number of nitrogens with one attached hydrogen (secondary N) is 3. The molecule has 0 spiro atoms. The quantitative estimate of drug-likeness (QED) is 0.551. The Labute approximate surface area is 143 Å². The van der Waals surface area contributed by atoms with E-state index in [1.807, 2.05) is 25.1 Å². The highest BCUT2D eigenvalue weighted by molar-refractivity contribution is 9.10. The van der Waals surface area contributed by atoms with Crippen LogP contribution in [0.2, 0.25) is 0 Å².